The Hall–Kier alpha value is -2.62. The predicted molar refractivity (Wildman–Crippen MR) is 73.0 cm³/mol. The summed E-state index contributed by atoms with van der Waals surface area (Å²) in [6.07, 6.45) is -1.24. The van der Waals surface area contributed by atoms with Crippen LogP contribution in [0.1, 0.15) is 17.2 Å². The Morgan fingerprint density at radius 3 is 2.20 bits per heavy atom. The normalized spacial score (nSPS) is 11.4. The minimum atomic E-state index is -0.945. The molecular formula is C16H14O4. The van der Waals surface area contributed by atoms with Gasteiger partial charge in [0, 0.05) is 0 Å². The fraction of sp³-hybridized carbons (Fsp3) is 0.125. The van der Waals surface area contributed by atoms with Gasteiger partial charge in [-0.1, -0.05) is 60.7 Å². The van der Waals surface area contributed by atoms with E-state index in [1.165, 1.54) is 0 Å². The SMILES string of the molecule is O=CC(OC(=O)OCc1ccccc1)c1ccccc1. The quantitative estimate of drug-likeness (QED) is 0.618. The topological polar surface area (TPSA) is 52.6 Å². The summed E-state index contributed by atoms with van der Waals surface area (Å²) in [5.41, 5.74) is 1.46. The maximum Gasteiger partial charge on any atom is 0.509 e. The summed E-state index contributed by atoms with van der Waals surface area (Å²) in [4.78, 5) is 22.5. The van der Waals surface area contributed by atoms with Gasteiger partial charge in [-0.05, 0) is 11.1 Å². The molecule has 2 rings (SSSR count). The number of benzene rings is 2. The molecule has 0 saturated carbocycles. The van der Waals surface area contributed by atoms with Gasteiger partial charge in [0.1, 0.15) is 6.61 Å². The molecule has 0 aromatic heterocycles. The van der Waals surface area contributed by atoms with Gasteiger partial charge in [0.2, 0.25) is 0 Å². The molecule has 4 heteroatoms. The van der Waals surface area contributed by atoms with Gasteiger partial charge in [0.25, 0.3) is 0 Å². The molecule has 0 amide bonds. The van der Waals surface area contributed by atoms with Crippen LogP contribution in [0.3, 0.4) is 0 Å². The number of rotatable bonds is 5. The fourth-order valence-corrected chi connectivity index (χ4v) is 1.67. The van der Waals surface area contributed by atoms with Crippen LogP contribution in [0, 0.1) is 0 Å². The number of carbonyl (C=O) groups excluding carboxylic acids is 2. The minimum Gasteiger partial charge on any atom is -0.429 e. The van der Waals surface area contributed by atoms with Crippen LogP contribution in [-0.2, 0) is 20.9 Å². The first kappa shape index (κ1) is 13.8. The Balaban J connectivity index is 1.88. The summed E-state index contributed by atoms with van der Waals surface area (Å²) in [6, 6.07) is 18.0. The maximum atomic E-state index is 11.6. The van der Waals surface area contributed by atoms with Crippen molar-refractivity contribution in [3.05, 3.63) is 71.8 Å². The summed E-state index contributed by atoms with van der Waals surface area (Å²) in [6.45, 7) is 0.111. The van der Waals surface area contributed by atoms with E-state index in [9.17, 15) is 9.59 Å². The van der Waals surface area contributed by atoms with Gasteiger partial charge in [-0.3, -0.25) is 4.79 Å². The first-order chi connectivity index (χ1) is 9.79. The van der Waals surface area contributed by atoms with Crippen LogP contribution in [-0.4, -0.2) is 12.4 Å². The van der Waals surface area contributed by atoms with E-state index in [1.54, 1.807) is 24.3 Å². The summed E-state index contributed by atoms with van der Waals surface area (Å²) >= 11 is 0. The number of hydrogen-bond donors (Lipinski definition) is 0. The van der Waals surface area contributed by atoms with Crippen LogP contribution in [0.15, 0.2) is 60.7 Å². The second-order valence-electron chi connectivity index (χ2n) is 4.11. The summed E-state index contributed by atoms with van der Waals surface area (Å²) in [7, 11) is 0. The first-order valence-electron chi connectivity index (χ1n) is 6.17. The van der Waals surface area contributed by atoms with Crippen molar-refractivity contribution < 1.29 is 19.1 Å². The minimum absolute atomic E-state index is 0.111. The van der Waals surface area contributed by atoms with Crippen molar-refractivity contribution in [2.75, 3.05) is 0 Å². The van der Waals surface area contributed by atoms with Gasteiger partial charge in [0.05, 0.1) is 0 Å². The largest absolute Gasteiger partial charge is 0.509 e. The highest BCUT2D eigenvalue weighted by molar-refractivity contribution is 5.67. The highest BCUT2D eigenvalue weighted by Crippen LogP contribution is 2.15. The fourth-order valence-electron chi connectivity index (χ4n) is 1.67. The third kappa shape index (κ3) is 3.95. The lowest BCUT2D eigenvalue weighted by Gasteiger charge is -2.12. The molecule has 0 heterocycles. The zero-order valence-electron chi connectivity index (χ0n) is 10.8. The Labute approximate surface area is 116 Å². The monoisotopic (exact) mass is 270 g/mol. The van der Waals surface area contributed by atoms with Crippen LogP contribution in [0.4, 0.5) is 4.79 Å². The van der Waals surface area contributed by atoms with Gasteiger partial charge >= 0.3 is 6.16 Å². The van der Waals surface area contributed by atoms with Crippen LogP contribution < -0.4 is 0 Å². The molecule has 102 valence electrons. The molecule has 1 atom stereocenters. The second-order valence-corrected chi connectivity index (χ2v) is 4.11. The Morgan fingerprint density at radius 2 is 1.60 bits per heavy atom. The Morgan fingerprint density at radius 1 is 1.00 bits per heavy atom. The molecule has 2 aromatic rings. The second kappa shape index (κ2) is 7.09. The van der Waals surface area contributed by atoms with Crippen molar-refractivity contribution in [3.8, 4) is 0 Å². The molecule has 0 radical (unpaired) electrons. The molecule has 0 fully saturated rings. The molecular weight excluding hydrogens is 256 g/mol. The van der Waals surface area contributed by atoms with E-state index in [0.29, 0.717) is 11.8 Å². The third-order valence-electron chi connectivity index (χ3n) is 2.67. The summed E-state index contributed by atoms with van der Waals surface area (Å²) in [5.74, 6) is 0. The molecule has 0 bridgehead atoms. The zero-order chi connectivity index (χ0) is 14.2. The number of aldehydes is 1. The average Bonchev–Trinajstić information content (AvgIpc) is 2.52. The van der Waals surface area contributed by atoms with Crippen molar-refractivity contribution in [2.45, 2.75) is 12.7 Å². The van der Waals surface area contributed by atoms with Gasteiger partial charge in [-0.15, -0.1) is 0 Å². The van der Waals surface area contributed by atoms with E-state index < -0.39 is 12.3 Å². The molecule has 0 saturated heterocycles. The highest BCUT2D eigenvalue weighted by Gasteiger charge is 2.16. The van der Waals surface area contributed by atoms with Gasteiger partial charge in [0.15, 0.2) is 12.4 Å². The number of hydrogen-bond acceptors (Lipinski definition) is 4. The van der Waals surface area contributed by atoms with Crippen molar-refractivity contribution >= 4 is 12.4 Å². The molecule has 1 unspecified atom stereocenters. The third-order valence-corrected chi connectivity index (χ3v) is 2.67. The number of carbonyl (C=O) groups is 2. The lowest BCUT2D eigenvalue weighted by Crippen LogP contribution is -2.13. The first-order valence-corrected chi connectivity index (χ1v) is 6.17. The van der Waals surface area contributed by atoms with Crippen LogP contribution >= 0.6 is 0 Å². The molecule has 0 N–H and O–H groups in total. The van der Waals surface area contributed by atoms with Gasteiger partial charge in [-0.2, -0.15) is 0 Å². The number of ether oxygens (including phenoxy) is 2. The van der Waals surface area contributed by atoms with Crippen LogP contribution in [0.25, 0.3) is 0 Å². The van der Waals surface area contributed by atoms with Crippen molar-refractivity contribution in [3.63, 3.8) is 0 Å². The molecule has 0 aliphatic carbocycles. The van der Waals surface area contributed by atoms with Crippen LogP contribution in [0.5, 0.6) is 0 Å². The van der Waals surface area contributed by atoms with Crippen LogP contribution in [0.2, 0.25) is 0 Å². The Bertz CT molecular complexity index is 551. The standard InChI is InChI=1S/C16H14O4/c17-11-15(14-9-5-2-6-10-14)20-16(18)19-12-13-7-3-1-4-8-13/h1-11,15H,12H2. The zero-order valence-corrected chi connectivity index (χ0v) is 10.8. The predicted octanol–water partition coefficient (Wildman–Crippen LogP) is 3.28. The van der Waals surface area contributed by atoms with E-state index in [2.05, 4.69) is 0 Å². The lowest BCUT2D eigenvalue weighted by atomic mass is 10.1. The molecule has 20 heavy (non-hydrogen) atoms. The molecule has 2 aromatic carbocycles. The summed E-state index contributed by atoms with van der Waals surface area (Å²) in [5, 5.41) is 0. The van der Waals surface area contributed by atoms with E-state index in [1.807, 2.05) is 36.4 Å². The van der Waals surface area contributed by atoms with Crippen molar-refractivity contribution in [2.24, 2.45) is 0 Å². The highest BCUT2D eigenvalue weighted by atomic mass is 16.7. The lowest BCUT2D eigenvalue weighted by molar-refractivity contribution is -0.117. The van der Waals surface area contributed by atoms with Gasteiger partial charge < -0.3 is 9.47 Å². The van der Waals surface area contributed by atoms with E-state index >= 15 is 0 Å². The van der Waals surface area contributed by atoms with E-state index in [4.69, 9.17) is 9.47 Å². The molecule has 0 aliphatic heterocycles. The molecule has 4 nitrogen and oxygen atoms in total. The summed E-state index contributed by atoms with van der Waals surface area (Å²) < 4.78 is 9.94. The average molecular weight is 270 g/mol. The molecule has 0 aliphatic rings. The molecule has 0 spiro atoms. The van der Waals surface area contributed by atoms with Crippen molar-refractivity contribution in [1.29, 1.82) is 0 Å². The van der Waals surface area contributed by atoms with E-state index in [-0.39, 0.29) is 6.61 Å². The Kier molecular flexibility index (Phi) is 4.89. The van der Waals surface area contributed by atoms with Gasteiger partial charge in [-0.25, -0.2) is 4.79 Å². The maximum absolute atomic E-state index is 11.6. The smallest absolute Gasteiger partial charge is 0.429 e. The van der Waals surface area contributed by atoms with Crippen molar-refractivity contribution in [1.82, 2.24) is 0 Å². The van der Waals surface area contributed by atoms with E-state index in [0.717, 1.165) is 5.56 Å².